The number of carbonyl (C=O) groups is 1. The molecule has 0 radical (unpaired) electrons. The molecule has 0 atom stereocenters. The minimum absolute atomic E-state index is 0.190. The van der Waals surface area contributed by atoms with E-state index in [4.69, 9.17) is 5.84 Å². The van der Waals surface area contributed by atoms with Crippen LogP contribution in [0.1, 0.15) is 10.4 Å². The van der Waals surface area contributed by atoms with Crippen LogP contribution in [0.3, 0.4) is 0 Å². The number of piperazine rings is 1. The summed E-state index contributed by atoms with van der Waals surface area (Å²) in [6, 6.07) is 5.76. The van der Waals surface area contributed by atoms with Gasteiger partial charge in [-0.15, -0.1) is 0 Å². The summed E-state index contributed by atoms with van der Waals surface area (Å²) in [4.78, 5) is 13.6. The summed E-state index contributed by atoms with van der Waals surface area (Å²) in [5, 5.41) is 0. The van der Waals surface area contributed by atoms with Crippen LogP contribution in [0.2, 0.25) is 0 Å². The summed E-state index contributed by atoms with van der Waals surface area (Å²) < 4.78 is 26.3. The van der Waals surface area contributed by atoms with Gasteiger partial charge in [0.15, 0.2) is 0 Å². The lowest BCUT2D eigenvalue weighted by molar-refractivity contribution is 0.0953. The van der Waals surface area contributed by atoms with Gasteiger partial charge in [-0.1, -0.05) is 0 Å². The van der Waals surface area contributed by atoms with Gasteiger partial charge in [0.2, 0.25) is 10.0 Å². The molecule has 0 aromatic heterocycles. The van der Waals surface area contributed by atoms with Gasteiger partial charge in [-0.3, -0.25) is 10.2 Å². The molecule has 1 aromatic rings. The van der Waals surface area contributed by atoms with Gasteiger partial charge in [-0.05, 0) is 31.3 Å². The number of rotatable bonds is 3. The fourth-order valence-corrected chi connectivity index (χ4v) is 3.46. The molecule has 1 aromatic carbocycles. The summed E-state index contributed by atoms with van der Waals surface area (Å²) in [6.45, 7) is 2.38. The Morgan fingerprint density at radius 3 is 2.20 bits per heavy atom. The molecule has 1 amide bonds. The first-order chi connectivity index (χ1) is 9.45. The monoisotopic (exact) mass is 298 g/mol. The molecule has 0 bridgehead atoms. The summed E-state index contributed by atoms with van der Waals surface area (Å²) in [6.07, 6.45) is 0. The molecule has 1 aliphatic rings. The maximum Gasteiger partial charge on any atom is 0.265 e. The molecule has 110 valence electrons. The quantitative estimate of drug-likeness (QED) is 0.434. The number of likely N-dealkylation sites (N-methyl/N-ethyl adjacent to an activating group) is 1. The van der Waals surface area contributed by atoms with E-state index in [1.54, 1.807) is 0 Å². The Hall–Kier alpha value is -1.48. The molecule has 0 aliphatic carbocycles. The summed E-state index contributed by atoms with van der Waals surface area (Å²) in [5.41, 5.74) is 2.33. The average Bonchev–Trinajstić information content (AvgIpc) is 2.47. The zero-order valence-electron chi connectivity index (χ0n) is 11.2. The van der Waals surface area contributed by atoms with Crippen molar-refractivity contribution in [3.63, 3.8) is 0 Å². The van der Waals surface area contributed by atoms with Gasteiger partial charge in [0.25, 0.3) is 5.91 Å². The number of hydrazine groups is 1. The van der Waals surface area contributed by atoms with Crippen LogP contribution in [-0.2, 0) is 10.0 Å². The van der Waals surface area contributed by atoms with Gasteiger partial charge >= 0.3 is 0 Å². The number of nitrogen functional groups attached to an aromatic ring is 1. The molecule has 0 spiro atoms. The van der Waals surface area contributed by atoms with Gasteiger partial charge in [0.1, 0.15) is 0 Å². The zero-order chi connectivity index (χ0) is 14.8. The average molecular weight is 298 g/mol. The van der Waals surface area contributed by atoms with Crippen molar-refractivity contribution in [3.8, 4) is 0 Å². The Bertz CT molecular complexity index is 577. The lowest BCUT2D eigenvalue weighted by atomic mass is 10.2. The number of carbonyl (C=O) groups excluding carboxylic acids is 1. The second kappa shape index (κ2) is 5.88. The van der Waals surface area contributed by atoms with Gasteiger partial charge in [0, 0.05) is 31.7 Å². The number of sulfonamides is 1. The van der Waals surface area contributed by atoms with Crippen LogP contribution in [0.15, 0.2) is 29.2 Å². The third-order valence-corrected chi connectivity index (χ3v) is 5.26. The molecule has 1 fully saturated rings. The fraction of sp³-hybridized carbons (Fsp3) is 0.417. The minimum Gasteiger partial charge on any atom is -0.304 e. The van der Waals surface area contributed by atoms with Crippen molar-refractivity contribution in [2.45, 2.75) is 4.90 Å². The van der Waals surface area contributed by atoms with Crippen LogP contribution < -0.4 is 11.3 Å². The number of benzene rings is 1. The van der Waals surface area contributed by atoms with Crippen molar-refractivity contribution >= 4 is 15.9 Å². The first-order valence-electron chi connectivity index (χ1n) is 6.25. The number of nitrogens with two attached hydrogens (primary N) is 1. The van der Waals surface area contributed by atoms with Crippen LogP contribution >= 0.6 is 0 Å². The van der Waals surface area contributed by atoms with Crippen molar-refractivity contribution in [1.29, 1.82) is 0 Å². The summed E-state index contributed by atoms with van der Waals surface area (Å²) >= 11 is 0. The van der Waals surface area contributed by atoms with Crippen molar-refractivity contribution < 1.29 is 13.2 Å². The largest absolute Gasteiger partial charge is 0.304 e. The topological polar surface area (TPSA) is 95.7 Å². The molecule has 1 heterocycles. The van der Waals surface area contributed by atoms with Gasteiger partial charge in [-0.25, -0.2) is 14.3 Å². The molecule has 7 nitrogen and oxygen atoms in total. The van der Waals surface area contributed by atoms with Crippen molar-refractivity contribution in [2.24, 2.45) is 5.84 Å². The molecule has 8 heteroatoms. The van der Waals surface area contributed by atoms with E-state index in [-0.39, 0.29) is 4.90 Å². The van der Waals surface area contributed by atoms with E-state index in [2.05, 4.69) is 4.90 Å². The van der Waals surface area contributed by atoms with E-state index in [1.807, 2.05) is 12.5 Å². The predicted octanol–water partition coefficient (Wildman–Crippen LogP) is -0.774. The Balaban J connectivity index is 2.19. The lowest BCUT2D eigenvalue weighted by Crippen LogP contribution is -2.47. The van der Waals surface area contributed by atoms with E-state index in [1.165, 1.54) is 28.6 Å². The van der Waals surface area contributed by atoms with Crippen molar-refractivity contribution in [1.82, 2.24) is 14.6 Å². The highest BCUT2D eigenvalue weighted by atomic mass is 32.2. The third kappa shape index (κ3) is 2.98. The molecule has 1 saturated heterocycles. The first kappa shape index (κ1) is 14.9. The summed E-state index contributed by atoms with van der Waals surface area (Å²) in [5.74, 6) is 4.58. The second-order valence-electron chi connectivity index (χ2n) is 4.71. The predicted molar refractivity (Wildman–Crippen MR) is 74.4 cm³/mol. The Labute approximate surface area is 118 Å². The van der Waals surface area contributed by atoms with Crippen LogP contribution in [0.25, 0.3) is 0 Å². The van der Waals surface area contributed by atoms with Crippen molar-refractivity contribution in [2.75, 3.05) is 33.2 Å². The maximum atomic E-state index is 12.4. The minimum atomic E-state index is -3.49. The number of amides is 1. The van der Waals surface area contributed by atoms with Gasteiger partial charge in [0.05, 0.1) is 4.90 Å². The van der Waals surface area contributed by atoms with E-state index in [0.717, 1.165) is 0 Å². The second-order valence-corrected chi connectivity index (χ2v) is 6.64. The standard InChI is InChI=1S/C12H18N4O3S/c1-15-6-8-16(9-7-15)20(18,19)11-4-2-10(3-5-11)12(17)14-13/h2-5H,6-9,13H2,1H3,(H,14,17). The van der Waals surface area contributed by atoms with Gasteiger partial charge < -0.3 is 4.90 Å². The van der Waals surface area contributed by atoms with Gasteiger partial charge in [-0.2, -0.15) is 4.31 Å². The van der Waals surface area contributed by atoms with E-state index in [9.17, 15) is 13.2 Å². The first-order valence-corrected chi connectivity index (χ1v) is 7.69. The number of hydrogen-bond acceptors (Lipinski definition) is 5. The SMILES string of the molecule is CN1CCN(S(=O)(=O)c2ccc(C(=O)NN)cc2)CC1. The third-order valence-electron chi connectivity index (χ3n) is 3.35. The Kier molecular flexibility index (Phi) is 4.39. The summed E-state index contributed by atoms with van der Waals surface area (Å²) in [7, 11) is -1.53. The highest BCUT2D eigenvalue weighted by molar-refractivity contribution is 7.89. The van der Waals surface area contributed by atoms with Crippen LogP contribution in [0.4, 0.5) is 0 Å². The molecular weight excluding hydrogens is 280 g/mol. The molecule has 3 N–H and O–H groups in total. The van der Waals surface area contributed by atoms with Crippen LogP contribution in [0.5, 0.6) is 0 Å². The maximum absolute atomic E-state index is 12.4. The lowest BCUT2D eigenvalue weighted by Gasteiger charge is -2.31. The molecule has 0 saturated carbocycles. The van der Waals surface area contributed by atoms with E-state index >= 15 is 0 Å². The molecule has 0 unspecified atom stereocenters. The normalized spacial score (nSPS) is 17.9. The Morgan fingerprint density at radius 1 is 1.15 bits per heavy atom. The fourth-order valence-electron chi connectivity index (χ4n) is 2.04. The highest BCUT2D eigenvalue weighted by Gasteiger charge is 2.27. The molecule has 1 aliphatic heterocycles. The number of hydrogen-bond donors (Lipinski definition) is 2. The molecular formula is C12H18N4O3S. The number of nitrogens with one attached hydrogen (secondary N) is 1. The smallest absolute Gasteiger partial charge is 0.265 e. The number of nitrogens with zero attached hydrogens (tertiary/aromatic N) is 2. The Morgan fingerprint density at radius 2 is 1.70 bits per heavy atom. The van der Waals surface area contributed by atoms with E-state index in [0.29, 0.717) is 31.7 Å². The molecule has 20 heavy (non-hydrogen) atoms. The highest BCUT2D eigenvalue weighted by Crippen LogP contribution is 2.17. The van der Waals surface area contributed by atoms with Crippen molar-refractivity contribution in [3.05, 3.63) is 29.8 Å². The molecule has 2 rings (SSSR count). The van der Waals surface area contributed by atoms with E-state index < -0.39 is 15.9 Å². The van der Waals surface area contributed by atoms with Crippen LogP contribution in [-0.4, -0.2) is 56.8 Å². The zero-order valence-corrected chi connectivity index (χ0v) is 12.1. The van der Waals surface area contributed by atoms with Crippen LogP contribution in [0, 0.1) is 0 Å².